The number of unbranched alkanes of at least 4 members (excludes halogenated alkanes) is 12. The topological polar surface area (TPSA) is 18.5 Å². The molecule has 0 aliphatic carbocycles. The molecule has 0 aromatic heterocycles. The van der Waals surface area contributed by atoms with Crippen LogP contribution in [0.3, 0.4) is 0 Å². The lowest BCUT2D eigenvalue weighted by atomic mass is 10.1. The maximum absolute atomic E-state index is 6.08. The summed E-state index contributed by atoms with van der Waals surface area (Å²) in [5.41, 5.74) is 0. The van der Waals surface area contributed by atoms with Crippen LogP contribution in [-0.4, -0.2) is 21.8 Å². The van der Waals surface area contributed by atoms with Crippen molar-refractivity contribution in [2.45, 2.75) is 130 Å². The molecule has 0 fully saturated rings. The molecule has 0 unspecified atom stereocenters. The molecule has 0 saturated heterocycles. The van der Waals surface area contributed by atoms with Crippen molar-refractivity contribution in [2.24, 2.45) is 0 Å². The SMILES string of the molecule is CCC#CCCCCCCCCO[Si](C)(C)OCCCCCCCCC#CCC. The van der Waals surface area contributed by atoms with Gasteiger partial charge in [0.2, 0.25) is 0 Å². The van der Waals surface area contributed by atoms with E-state index in [1.807, 2.05) is 0 Å². The van der Waals surface area contributed by atoms with Gasteiger partial charge in [-0.25, -0.2) is 0 Å². The Bertz CT molecular complexity index is 423. The standard InChI is InChI=1S/C26H48O2Si/c1-5-7-9-11-13-15-17-19-21-23-25-27-29(3,4)28-26-24-22-20-18-16-14-12-10-8-6-2/h5-6,11-26H2,1-4H3. The molecule has 0 aromatic carbocycles. The third-order valence-electron chi connectivity index (χ3n) is 4.90. The van der Waals surface area contributed by atoms with Gasteiger partial charge in [-0.1, -0.05) is 65.2 Å². The van der Waals surface area contributed by atoms with Gasteiger partial charge in [0, 0.05) is 38.9 Å². The van der Waals surface area contributed by atoms with Crippen molar-refractivity contribution < 1.29 is 8.85 Å². The van der Waals surface area contributed by atoms with Crippen molar-refractivity contribution in [1.29, 1.82) is 0 Å². The minimum atomic E-state index is -1.92. The Morgan fingerprint density at radius 3 is 1.21 bits per heavy atom. The highest BCUT2D eigenvalue weighted by molar-refractivity contribution is 6.64. The van der Waals surface area contributed by atoms with E-state index in [-0.39, 0.29) is 0 Å². The van der Waals surface area contributed by atoms with Crippen LogP contribution in [0.15, 0.2) is 0 Å². The van der Waals surface area contributed by atoms with Gasteiger partial charge < -0.3 is 8.85 Å². The van der Waals surface area contributed by atoms with Crippen molar-refractivity contribution in [3.8, 4) is 23.7 Å². The van der Waals surface area contributed by atoms with E-state index >= 15 is 0 Å². The fraction of sp³-hybridized carbons (Fsp3) is 0.846. The molecule has 0 bridgehead atoms. The van der Waals surface area contributed by atoms with Gasteiger partial charge in [0.25, 0.3) is 0 Å². The lowest BCUT2D eigenvalue weighted by Gasteiger charge is -2.23. The molecule has 29 heavy (non-hydrogen) atoms. The van der Waals surface area contributed by atoms with Crippen molar-refractivity contribution in [3.05, 3.63) is 0 Å². The Hall–Kier alpha value is -0.743. The number of hydrogen-bond acceptors (Lipinski definition) is 2. The first kappa shape index (κ1) is 28.3. The Morgan fingerprint density at radius 2 is 0.828 bits per heavy atom. The first-order valence-electron chi connectivity index (χ1n) is 12.3. The predicted molar refractivity (Wildman–Crippen MR) is 130 cm³/mol. The molecule has 0 atom stereocenters. The molecule has 0 spiro atoms. The molecule has 0 aromatic rings. The summed E-state index contributed by atoms with van der Waals surface area (Å²) < 4.78 is 12.2. The van der Waals surface area contributed by atoms with Gasteiger partial charge in [-0.2, -0.15) is 0 Å². The molecule has 0 radical (unpaired) electrons. The van der Waals surface area contributed by atoms with Crippen molar-refractivity contribution in [1.82, 2.24) is 0 Å². The zero-order valence-corrected chi connectivity index (χ0v) is 21.0. The lowest BCUT2D eigenvalue weighted by molar-refractivity contribution is 0.172. The summed E-state index contributed by atoms with van der Waals surface area (Å²) in [6, 6.07) is 0. The highest BCUT2D eigenvalue weighted by Gasteiger charge is 2.23. The molecule has 0 aliphatic heterocycles. The summed E-state index contributed by atoms with van der Waals surface area (Å²) in [6.07, 6.45) is 19.4. The maximum Gasteiger partial charge on any atom is 0.331 e. The Balaban J connectivity index is 3.38. The van der Waals surface area contributed by atoms with Crippen LogP contribution in [0.4, 0.5) is 0 Å². The summed E-state index contributed by atoms with van der Waals surface area (Å²) in [5.74, 6) is 12.7. The highest BCUT2D eigenvalue weighted by Crippen LogP contribution is 2.12. The van der Waals surface area contributed by atoms with Crippen molar-refractivity contribution in [2.75, 3.05) is 13.2 Å². The normalized spacial score (nSPS) is 10.9. The van der Waals surface area contributed by atoms with E-state index in [0.717, 1.165) is 51.7 Å². The average molecular weight is 421 g/mol. The van der Waals surface area contributed by atoms with Gasteiger partial charge in [0.15, 0.2) is 0 Å². The molecular formula is C26H48O2Si. The van der Waals surface area contributed by atoms with E-state index in [2.05, 4.69) is 50.6 Å². The predicted octanol–water partition coefficient (Wildman–Crippen LogP) is 8.01. The third-order valence-corrected chi connectivity index (χ3v) is 6.69. The molecule has 0 aliphatic rings. The van der Waals surface area contributed by atoms with Crippen LogP contribution in [0.1, 0.15) is 117 Å². The Labute approximate surface area is 184 Å². The summed E-state index contributed by atoms with van der Waals surface area (Å²) in [4.78, 5) is 0. The third kappa shape index (κ3) is 23.4. The molecule has 3 heteroatoms. The van der Waals surface area contributed by atoms with Gasteiger partial charge in [0.05, 0.1) is 0 Å². The molecule has 2 nitrogen and oxygen atoms in total. The molecular weight excluding hydrogens is 372 g/mol. The van der Waals surface area contributed by atoms with Crippen LogP contribution in [0, 0.1) is 23.7 Å². The smallest absolute Gasteiger partial charge is 0.331 e. The van der Waals surface area contributed by atoms with E-state index in [1.165, 1.54) is 64.2 Å². The van der Waals surface area contributed by atoms with Gasteiger partial charge in [0.1, 0.15) is 0 Å². The van der Waals surface area contributed by atoms with Crippen molar-refractivity contribution >= 4 is 8.56 Å². The van der Waals surface area contributed by atoms with Gasteiger partial charge in [-0.15, -0.1) is 23.7 Å². The van der Waals surface area contributed by atoms with Crippen LogP contribution in [0.5, 0.6) is 0 Å². The van der Waals surface area contributed by atoms with Gasteiger partial charge in [-0.05, 0) is 38.8 Å². The minimum Gasteiger partial charge on any atom is -0.395 e. The summed E-state index contributed by atoms with van der Waals surface area (Å²) in [6.45, 7) is 10.3. The second-order valence-corrected chi connectivity index (χ2v) is 11.6. The zero-order valence-electron chi connectivity index (χ0n) is 20.0. The van der Waals surface area contributed by atoms with Crippen molar-refractivity contribution in [3.63, 3.8) is 0 Å². The summed E-state index contributed by atoms with van der Waals surface area (Å²) in [5, 5.41) is 0. The largest absolute Gasteiger partial charge is 0.395 e. The zero-order chi connectivity index (χ0) is 21.5. The molecule has 0 amide bonds. The second-order valence-electron chi connectivity index (χ2n) is 8.25. The fourth-order valence-electron chi connectivity index (χ4n) is 3.15. The van der Waals surface area contributed by atoms with Gasteiger partial charge >= 0.3 is 8.56 Å². The quantitative estimate of drug-likeness (QED) is 0.127. The highest BCUT2D eigenvalue weighted by atomic mass is 28.4. The van der Waals surface area contributed by atoms with E-state index in [1.54, 1.807) is 0 Å². The van der Waals surface area contributed by atoms with Crippen LogP contribution in [0.2, 0.25) is 13.1 Å². The van der Waals surface area contributed by atoms with E-state index in [4.69, 9.17) is 8.85 Å². The van der Waals surface area contributed by atoms with Crippen LogP contribution >= 0.6 is 0 Å². The fourth-order valence-corrected chi connectivity index (χ4v) is 4.50. The first-order chi connectivity index (χ1) is 14.1. The minimum absolute atomic E-state index is 0.863. The first-order valence-corrected chi connectivity index (χ1v) is 15.1. The van der Waals surface area contributed by atoms with E-state index in [0.29, 0.717) is 0 Å². The molecule has 0 saturated carbocycles. The maximum atomic E-state index is 6.08. The summed E-state index contributed by atoms with van der Waals surface area (Å²) in [7, 11) is -1.92. The second kappa shape index (κ2) is 22.0. The Kier molecular flexibility index (Phi) is 21.4. The van der Waals surface area contributed by atoms with Crippen LogP contribution in [-0.2, 0) is 8.85 Å². The summed E-state index contributed by atoms with van der Waals surface area (Å²) >= 11 is 0. The number of hydrogen-bond donors (Lipinski definition) is 0. The number of rotatable bonds is 18. The Morgan fingerprint density at radius 1 is 0.483 bits per heavy atom. The average Bonchev–Trinajstić information content (AvgIpc) is 2.70. The molecule has 168 valence electrons. The monoisotopic (exact) mass is 420 g/mol. The van der Waals surface area contributed by atoms with Crippen LogP contribution < -0.4 is 0 Å². The molecule has 0 rings (SSSR count). The van der Waals surface area contributed by atoms with Gasteiger partial charge in [-0.3, -0.25) is 0 Å². The van der Waals surface area contributed by atoms with E-state index in [9.17, 15) is 0 Å². The lowest BCUT2D eigenvalue weighted by Crippen LogP contribution is -2.35. The van der Waals surface area contributed by atoms with E-state index < -0.39 is 8.56 Å². The van der Waals surface area contributed by atoms with Crippen LogP contribution in [0.25, 0.3) is 0 Å². The molecule has 0 N–H and O–H groups in total. The molecule has 0 heterocycles.